The van der Waals surface area contributed by atoms with Crippen LogP contribution in [0.1, 0.15) is 28.8 Å². The van der Waals surface area contributed by atoms with Crippen LogP contribution >= 0.6 is 12.4 Å². The number of fused-ring (bicyclic) bond motifs is 1. The van der Waals surface area contributed by atoms with E-state index in [0.29, 0.717) is 17.4 Å². The zero-order valence-corrected chi connectivity index (χ0v) is 11.6. The molecule has 0 saturated carbocycles. The third-order valence-electron chi connectivity index (χ3n) is 4.03. The molecular weight excluding hydrogens is 262 g/mol. The number of hydrogen-bond acceptors (Lipinski definition) is 2. The number of nitrogens with one attached hydrogen (secondary N) is 2. The molecular formula is C14H18ClN3O. The predicted molar refractivity (Wildman–Crippen MR) is 78.8 cm³/mol. The van der Waals surface area contributed by atoms with Crippen molar-refractivity contribution in [1.82, 2.24) is 10.3 Å². The summed E-state index contributed by atoms with van der Waals surface area (Å²) in [4.78, 5) is 14.5. The number of amides is 1. The highest BCUT2D eigenvalue weighted by Gasteiger charge is 2.26. The summed E-state index contributed by atoms with van der Waals surface area (Å²) in [5.41, 5.74) is 8.12. The zero-order chi connectivity index (χ0) is 12.7. The molecule has 1 fully saturated rings. The predicted octanol–water partition coefficient (Wildman–Crippen LogP) is 2.01. The Hall–Kier alpha value is -1.52. The third kappa shape index (κ3) is 2.22. The largest absolute Gasteiger partial charge is 0.366 e. The maximum atomic E-state index is 11.4. The maximum Gasteiger partial charge on any atom is 0.250 e. The molecule has 2 heterocycles. The van der Waals surface area contributed by atoms with Crippen LogP contribution in [-0.4, -0.2) is 24.0 Å². The van der Waals surface area contributed by atoms with Crippen LogP contribution in [0.2, 0.25) is 0 Å². The quantitative estimate of drug-likeness (QED) is 0.804. The molecule has 5 heteroatoms. The second-order valence-electron chi connectivity index (χ2n) is 5.04. The highest BCUT2D eigenvalue weighted by atomic mass is 35.5. The molecule has 19 heavy (non-hydrogen) atoms. The van der Waals surface area contributed by atoms with Crippen molar-refractivity contribution in [1.29, 1.82) is 0 Å². The van der Waals surface area contributed by atoms with Crippen LogP contribution in [0.3, 0.4) is 0 Å². The first kappa shape index (κ1) is 13.9. The van der Waals surface area contributed by atoms with Crippen molar-refractivity contribution in [2.45, 2.75) is 12.8 Å². The molecule has 0 radical (unpaired) electrons. The minimum atomic E-state index is -0.382. The molecule has 102 valence electrons. The third-order valence-corrected chi connectivity index (χ3v) is 4.03. The van der Waals surface area contributed by atoms with Gasteiger partial charge in [-0.1, -0.05) is 13.0 Å². The molecule has 1 saturated heterocycles. The van der Waals surface area contributed by atoms with E-state index in [2.05, 4.69) is 17.2 Å². The molecule has 4 nitrogen and oxygen atoms in total. The first-order valence-corrected chi connectivity index (χ1v) is 6.29. The first-order chi connectivity index (χ1) is 8.68. The number of hydrogen-bond donors (Lipinski definition) is 3. The van der Waals surface area contributed by atoms with Gasteiger partial charge in [0.1, 0.15) is 0 Å². The summed E-state index contributed by atoms with van der Waals surface area (Å²) in [6, 6.07) is 5.90. The molecule has 1 aromatic heterocycles. The van der Waals surface area contributed by atoms with Crippen molar-refractivity contribution < 1.29 is 4.79 Å². The van der Waals surface area contributed by atoms with Crippen molar-refractivity contribution in [2.75, 3.05) is 13.1 Å². The number of carbonyl (C=O) groups is 1. The van der Waals surface area contributed by atoms with Gasteiger partial charge in [0.25, 0.3) is 5.91 Å². The van der Waals surface area contributed by atoms with Gasteiger partial charge < -0.3 is 16.0 Å². The van der Waals surface area contributed by atoms with Gasteiger partial charge in [-0.2, -0.15) is 0 Å². The minimum Gasteiger partial charge on any atom is -0.366 e. The normalized spacial score (nSPS) is 16.7. The highest BCUT2D eigenvalue weighted by molar-refractivity contribution is 6.05. The van der Waals surface area contributed by atoms with E-state index in [1.807, 2.05) is 24.4 Å². The van der Waals surface area contributed by atoms with Gasteiger partial charge in [0, 0.05) is 11.6 Å². The summed E-state index contributed by atoms with van der Waals surface area (Å²) < 4.78 is 0. The first-order valence-electron chi connectivity index (χ1n) is 6.29. The second kappa shape index (κ2) is 5.23. The number of halogens is 1. The SMILES string of the molecule is C[C@@H](c1ccc(C(N)=O)c2[nH]ccc12)C1CNC1.Cl. The van der Waals surface area contributed by atoms with Gasteiger partial charge >= 0.3 is 0 Å². The molecule has 0 bridgehead atoms. The monoisotopic (exact) mass is 279 g/mol. The Morgan fingerprint density at radius 3 is 2.68 bits per heavy atom. The molecule has 1 atom stereocenters. The number of nitrogens with two attached hydrogens (primary N) is 1. The molecule has 0 spiro atoms. The van der Waals surface area contributed by atoms with Gasteiger partial charge in [0.15, 0.2) is 0 Å². The molecule has 2 aromatic rings. The van der Waals surface area contributed by atoms with Crippen LogP contribution in [0, 0.1) is 5.92 Å². The van der Waals surface area contributed by atoms with E-state index in [4.69, 9.17) is 5.73 Å². The summed E-state index contributed by atoms with van der Waals surface area (Å²) in [6.45, 7) is 4.40. The van der Waals surface area contributed by atoms with Crippen LogP contribution in [0.4, 0.5) is 0 Å². The van der Waals surface area contributed by atoms with Crippen LogP contribution in [-0.2, 0) is 0 Å². The number of aromatic nitrogens is 1. The summed E-state index contributed by atoms with van der Waals surface area (Å²) in [6.07, 6.45) is 1.87. The smallest absolute Gasteiger partial charge is 0.250 e. The topological polar surface area (TPSA) is 70.9 Å². The van der Waals surface area contributed by atoms with Crippen LogP contribution in [0.5, 0.6) is 0 Å². The van der Waals surface area contributed by atoms with E-state index < -0.39 is 0 Å². The molecule has 1 aliphatic rings. The molecule has 4 N–H and O–H groups in total. The number of benzene rings is 1. The van der Waals surface area contributed by atoms with Crippen LogP contribution in [0.15, 0.2) is 24.4 Å². The molecule has 0 aliphatic carbocycles. The van der Waals surface area contributed by atoms with Crippen LogP contribution < -0.4 is 11.1 Å². The van der Waals surface area contributed by atoms with Crippen LogP contribution in [0.25, 0.3) is 10.9 Å². The van der Waals surface area contributed by atoms with Crippen molar-refractivity contribution in [2.24, 2.45) is 11.7 Å². The van der Waals surface area contributed by atoms with E-state index in [0.717, 1.165) is 24.0 Å². The van der Waals surface area contributed by atoms with Crippen molar-refractivity contribution in [3.8, 4) is 0 Å². The fraction of sp³-hybridized carbons (Fsp3) is 0.357. The van der Waals surface area contributed by atoms with E-state index in [1.54, 1.807) is 0 Å². The highest BCUT2D eigenvalue weighted by Crippen LogP contribution is 2.33. The lowest BCUT2D eigenvalue weighted by Crippen LogP contribution is -2.44. The second-order valence-corrected chi connectivity index (χ2v) is 5.04. The number of H-pyrrole nitrogens is 1. The zero-order valence-electron chi connectivity index (χ0n) is 10.8. The number of aromatic amines is 1. The molecule has 0 unspecified atom stereocenters. The maximum absolute atomic E-state index is 11.4. The van der Waals surface area contributed by atoms with Gasteiger partial charge in [-0.3, -0.25) is 4.79 Å². The Balaban J connectivity index is 0.00000133. The Morgan fingerprint density at radius 1 is 1.37 bits per heavy atom. The summed E-state index contributed by atoms with van der Waals surface area (Å²) in [7, 11) is 0. The lowest BCUT2D eigenvalue weighted by Gasteiger charge is -2.33. The Bertz CT molecular complexity index is 604. The number of rotatable bonds is 3. The van der Waals surface area contributed by atoms with E-state index >= 15 is 0 Å². The summed E-state index contributed by atoms with van der Waals surface area (Å²) in [5, 5.41) is 4.42. The Labute approximate surface area is 118 Å². The Kier molecular flexibility index (Phi) is 3.83. The standard InChI is InChI=1S/C14H17N3O.ClH/c1-8(9-6-16-7-9)10-2-3-12(14(15)18)13-11(10)4-5-17-13;/h2-5,8-9,16-17H,6-7H2,1H3,(H2,15,18);1H/t8-;/m1./s1. The lowest BCUT2D eigenvalue weighted by atomic mass is 9.82. The number of carbonyl (C=O) groups excluding carboxylic acids is 1. The summed E-state index contributed by atoms with van der Waals surface area (Å²) >= 11 is 0. The van der Waals surface area contributed by atoms with Gasteiger partial charge in [-0.15, -0.1) is 12.4 Å². The minimum absolute atomic E-state index is 0. The van der Waals surface area contributed by atoms with E-state index in [9.17, 15) is 4.79 Å². The lowest BCUT2D eigenvalue weighted by molar-refractivity contribution is 0.100. The van der Waals surface area contributed by atoms with Crippen molar-refractivity contribution in [3.63, 3.8) is 0 Å². The fourth-order valence-electron chi connectivity index (χ4n) is 2.70. The fourth-order valence-corrected chi connectivity index (χ4v) is 2.70. The van der Waals surface area contributed by atoms with Gasteiger partial charge in [0.05, 0.1) is 11.1 Å². The van der Waals surface area contributed by atoms with Gasteiger partial charge in [-0.05, 0) is 42.6 Å². The molecule has 1 aliphatic heterocycles. The summed E-state index contributed by atoms with van der Waals surface area (Å²) in [5.74, 6) is 0.793. The van der Waals surface area contributed by atoms with Gasteiger partial charge in [0.2, 0.25) is 0 Å². The average Bonchev–Trinajstić information content (AvgIpc) is 2.73. The van der Waals surface area contributed by atoms with E-state index in [-0.39, 0.29) is 18.3 Å². The molecule has 3 rings (SSSR count). The number of primary amides is 1. The van der Waals surface area contributed by atoms with Gasteiger partial charge in [-0.25, -0.2) is 0 Å². The van der Waals surface area contributed by atoms with E-state index in [1.165, 1.54) is 5.56 Å². The van der Waals surface area contributed by atoms with Crippen molar-refractivity contribution in [3.05, 3.63) is 35.5 Å². The molecule has 1 aromatic carbocycles. The Morgan fingerprint density at radius 2 is 2.11 bits per heavy atom. The molecule has 1 amide bonds. The van der Waals surface area contributed by atoms with Crippen molar-refractivity contribution >= 4 is 29.2 Å². The average molecular weight is 280 g/mol.